The Morgan fingerprint density at radius 2 is 2.21 bits per heavy atom. The van der Waals surface area contributed by atoms with Gasteiger partial charge in [-0.15, -0.1) is 0 Å². The first-order valence-electron chi connectivity index (χ1n) is 7.05. The van der Waals surface area contributed by atoms with Gasteiger partial charge in [0.05, 0.1) is 12.4 Å². The highest BCUT2D eigenvalue weighted by Gasteiger charge is 2.34. The molecule has 19 heavy (non-hydrogen) atoms. The number of nitrogens with one attached hydrogen (secondary N) is 1. The molecule has 0 bridgehead atoms. The zero-order valence-corrected chi connectivity index (χ0v) is 11.9. The highest BCUT2D eigenvalue weighted by molar-refractivity contribution is 5.93. The van der Waals surface area contributed by atoms with Crippen molar-refractivity contribution < 1.29 is 4.79 Å². The third-order valence-corrected chi connectivity index (χ3v) is 3.70. The van der Waals surface area contributed by atoms with Crippen molar-refractivity contribution in [2.45, 2.75) is 52.1 Å². The Balaban J connectivity index is 2.20. The van der Waals surface area contributed by atoms with Crippen LogP contribution in [0.2, 0.25) is 0 Å². The van der Waals surface area contributed by atoms with E-state index < -0.39 is 0 Å². The van der Waals surface area contributed by atoms with Gasteiger partial charge < -0.3 is 10.2 Å². The van der Waals surface area contributed by atoms with Gasteiger partial charge in [0.25, 0.3) is 5.91 Å². The Morgan fingerprint density at radius 1 is 1.42 bits per heavy atom. The lowest BCUT2D eigenvalue weighted by molar-refractivity contribution is 0.0670. The van der Waals surface area contributed by atoms with Crippen molar-refractivity contribution in [1.29, 1.82) is 0 Å². The Labute approximate surface area is 114 Å². The molecule has 0 radical (unpaired) electrons. The maximum atomic E-state index is 12.6. The number of likely N-dealkylation sites (tertiary alicyclic amines) is 1. The summed E-state index contributed by atoms with van der Waals surface area (Å²) in [6.07, 6.45) is 6.36. The maximum absolute atomic E-state index is 12.6. The number of rotatable bonds is 4. The van der Waals surface area contributed by atoms with Crippen molar-refractivity contribution >= 4 is 11.7 Å². The van der Waals surface area contributed by atoms with Gasteiger partial charge in [-0.1, -0.05) is 6.92 Å². The molecule has 1 aromatic heterocycles. The second-order valence-corrected chi connectivity index (χ2v) is 5.02. The molecular weight excluding hydrogens is 240 g/mol. The lowest BCUT2D eigenvalue weighted by Gasteiger charge is -2.27. The summed E-state index contributed by atoms with van der Waals surface area (Å²) in [6.45, 7) is 6.99. The summed E-state index contributed by atoms with van der Waals surface area (Å²) in [5.41, 5.74) is 0.436. The predicted molar refractivity (Wildman–Crippen MR) is 75.1 cm³/mol. The maximum Gasteiger partial charge on any atom is 0.274 e. The molecule has 1 amide bonds. The number of carbonyl (C=O) groups excluding carboxylic acids is 1. The van der Waals surface area contributed by atoms with Gasteiger partial charge in [0.1, 0.15) is 11.5 Å². The normalized spacial score (nSPS) is 22.6. The third-order valence-electron chi connectivity index (χ3n) is 3.70. The fourth-order valence-corrected chi connectivity index (χ4v) is 2.71. The van der Waals surface area contributed by atoms with Crippen molar-refractivity contribution in [2.75, 3.05) is 11.9 Å². The summed E-state index contributed by atoms with van der Waals surface area (Å²) < 4.78 is 0. The first-order chi connectivity index (χ1) is 9.17. The van der Waals surface area contributed by atoms with Crippen molar-refractivity contribution in [3.05, 3.63) is 18.1 Å². The molecule has 2 rings (SSSR count). The average Bonchev–Trinajstić information content (AvgIpc) is 2.80. The summed E-state index contributed by atoms with van der Waals surface area (Å²) in [5, 5.41) is 3.09. The third kappa shape index (κ3) is 2.85. The minimum Gasteiger partial charge on any atom is -0.369 e. The van der Waals surface area contributed by atoms with Gasteiger partial charge in [-0.2, -0.15) is 0 Å². The molecule has 1 aliphatic heterocycles. The smallest absolute Gasteiger partial charge is 0.274 e. The van der Waals surface area contributed by atoms with Crippen molar-refractivity contribution in [3.63, 3.8) is 0 Å². The van der Waals surface area contributed by atoms with E-state index >= 15 is 0 Å². The van der Waals surface area contributed by atoms with Crippen molar-refractivity contribution in [1.82, 2.24) is 14.9 Å². The Morgan fingerprint density at radius 3 is 2.89 bits per heavy atom. The van der Waals surface area contributed by atoms with Crippen LogP contribution in [0.1, 0.15) is 50.5 Å². The molecule has 5 nitrogen and oxygen atoms in total. The molecule has 0 spiro atoms. The molecule has 0 aliphatic carbocycles. The van der Waals surface area contributed by atoms with Crippen LogP contribution in [-0.2, 0) is 0 Å². The Bertz CT molecular complexity index is 449. The van der Waals surface area contributed by atoms with Crippen LogP contribution < -0.4 is 5.32 Å². The van der Waals surface area contributed by atoms with Gasteiger partial charge in [-0.05, 0) is 33.1 Å². The van der Waals surface area contributed by atoms with Crippen molar-refractivity contribution in [2.24, 2.45) is 0 Å². The van der Waals surface area contributed by atoms with Crippen LogP contribution in [-0.4, -0.2) is 39.4 Å². The average molecular weight is 262 g/mol. The van der Waals surface area contributed by atoms with Gasteiger partial charge in [-0.25, -0.2) is 4.98 Å². The summed E-state index contributed by atoms with van der Waals surface area (Å²) >= 11 is 0. The predicted octanol–water partition coefficient (Wildman–Crippen LogP) is 2.31. The molecular formula is C14H22N4O. The summed E-state index contributed by atoms with van der Waals surface area (Å²) in [4.78, 5) is 23.0. The standard InChI is InChI=1S/C14H22N4O/c1-4-11-7-6-10(3)18(11)14(19)12-8-15-9-13(17-12)16-5-2/h8-11H,4-7H2,1-3H3,(H,16,17). The molecule has 2 heterocycles. The molecule has 5 heteroatoms. The number of hydrogen-bond donors (Lipinski definition) is 1. The van der Waals surface area contributed by atoms with E-state index in [4.69, 9.17) is 0 Å². The second-order valence-electron chi connectivity index (χ2n) is 5.02. The van der Waals surface area contributed by atoms with Gasteiger partial charge in [-0.3, -0.25) is 9.78 Å². The lowest BCUT2D eigenvalue weighted by atomic mass is 10.1. The van der Waals surface area contributed by atoms with Crippen LogP contribution in [0.3, 0.4) is 0 Å². The van der Waals surface area contributed by atoms with E-state index in [1.165, 1.54) is 0 Å². The van der Waals surface area contributed by atoms with Crippen LogP contribution in [0.15, 0.2) is 12.4 Å². The first kappa shape index (κ1) is 13.8. The Kier molecular flexibility index (Phi) is 4.35. The number of amides is 1. The zero-order valence-electron chi connectivity index (χ0n) is 11.9. The van der Waals surface area contributed by atoms with E-state index in [2.05, 4.69) is 29.1 Å². The summed E-state index contributed by atoms with van der Waals surface area (Å²) in [5.74, 6) is 0.664. The quantitative estimate of drug-likeness (QED) is 0.904. The highest BCUT2D eigenvalue weighted by atomic mass is 16.2. The monoisotopic (exact) mass is 262 g/mol. The van der Waals surface area contributed by atoms with Crippen molar-refractivity contribution in [3.8, 4) is 0 Å². The SMILES string of the molecule is CCNc1cncc(C(=O)N2C(C)CCC2CC)n1. The first-order valence-corrected chi connectivity index (χ1v) is 7.05. The molecule has 104 valence electrons. The molecule has 1 saturated heterocycles. The molecule has 2 atom stereocenters. The van der Waals surface area contributed by atoms with Gasteiger partial charge >= 0.3 is 0 Å². The number of nitrogens with zero attached hydrogens (tertiary/aromatic N) is 3. The molecule has 1 fully saturated rings. The van der Waals surface area contributed by atoms with Crippen LogP contribution in [0, 0.1) is 0 Å². The lowest BCUT2D eigenvalue weighted by Crippen LogP contribution is -2.40. The van der Waals surface area contributed by atoms with E-state index in [-0.39, 0.29) is 5.91 Å². The zero-order chi connectivity index (χ0) is 13.8. The number of hydrogen-bond acceptors (Lipinski definition) is 4. The molecule has 2 unspecified atom stereocenters. The van der Waals surface area contributed by atoms with Crippen LogP contribution in [0.5, 0.6) is 0 Å². The second kappa shape index (κ2) is 5.99. The number of aromatic nitrogens is 2. The minimum absolute atomic E-state index is 0.00380. The molecule has 0 saturated carbocycles. The van der Waals surface area contributed by atoms with E-state index in [0.29, 0.717) is 23.6 Å². The van der Waals surface area contributed by atoms with E-state index in [1.807, 2.05) is 11.8 Å². The van der Waals surface area contributed by atoms with E-state index in [9.17, 15) is 4.79 Å². The minimum atomic E-state index is 0.00380. The fourth-order valence-electron chi connectivity index (χ4n) is 2.71. The summed E-state index contributed by atoms with van der Waals surface area (Å²) in [7, 11) is 0. The molecule has 1 N–H and O–H groups in total. The van der Waals surface area contributed by atoms with Gasteiger partial charge in [0.15, 0.2) is 0 Å². The fraction of sp³-hybridized carbons (Fsp3) is 0.643. The van der Waals surface area contributed by atoms with Crippen LogP contribution >= 0.6 is 0 Å². The molecule has 0 aromatic carbocycles. The van der Waals surface area contributed by atoms with Crippen LogP contribution in [0.4, 0.5) is 5.82 Å². The highest BCUT2D eigenvalue weighted by Crippen LogP contribution is 2.27. The molecule has 1 aliphatic rings. The number of carbonyl (C=O) groups is 1. The number of anilines is 1. The Hall–Kier alpha value is -1.65. The van der Waals surface area contributed by atoms with Gasteiger partial charge in [0.2, 0.25) is 0 Å². The van der Waals surface area contributed by atoms with Gasteiger partial charge in [0, 0.05) is 18.6 Å². The molecule has 1 aromatic rings. The topological polar surface area (TPSA) is 58.1 Å². The largest absolute Gasteiger partial charge is 0.369 e. The van der Waals surface area contributed by atoms with E-state index in [1.54, 1.807) is 12.4 Å². The summed E-state index contributed by atoms with van der Waals surface area (Å²) in [6, 6.07) is 0.633. The van der Waals surface area contributed by atoms with E-state index in [0.717, 1.165) is 25.8 Å². The van der Waals surface area contributed by atoms with Crippen LogP contribution in [0.25, 0.3) is 0 Å².